The molecule has 8 heteroatoms. The number of ether oxygens (including phenoxy) is 1. The number of rotatable bonds is 6. The van der Waals surface area contributed by atoms with Crippen LogP contribution in [0.2, 0.25) is 5.02 Å². The number of nitrogens with one attached hydrogen (secondary N) is 1. The smallest absolute Gasteiger partial charge is 0.270 e. The van der Waals surface area contributed by atoms with Crippen molar-refractivity contribution in [2.75, 3.05) is 32.8 Å². The molecule has 132 valence electrons. The Kier molecular flexibility index (Phi) is 6.53. The zero-order valence-electron chi connectivity index (χ0n) is 13.8. The summed E-state index contributed by atoms with van der Waals surface area (Å²) >= 11 is 5.97. The van der Waals surface area contributed by atoms with E-state index < -0.39 is 10.8 Å². The van der Waals surface area contributed by atoms with E-state index in [2.05, 4.69) is 24.1 Å². The Balaban J connectivity index is 1.93. The highest BCUT2D eigenvalue weighted by atomic mass is 35.5. The predicted octanol–water partition coefficient (Wildman–Crippen LogP) is 2.33. The van der Waals surface area contributed by atoms with Gasteiger partial charge in [-0.1, -0.05) is 25.4 Å². The third-order valence-electron chi connectivity index (χ3n) is 3.74. The van der Waals surface area contributed by atoms with E-state index in [4.69, 9.17) is 16.3 Å². The molecule has 2 rings (SSSR count). The number of halogens is 1. The van der Waals surface area contributed by atoms with Gasteiger partial charge in [-0.2, -0.15) is 0 Å². The highest BCUT2D eigenvalue weighted by molar-refractivity contribution is 6.33. The molecule has 1 aromatic rings. The highest BCUT2D eigenvalue weighted by Crippen LogP contribution is 2.22. The molecule has 1 N–H and O–H groups in total. The lowest BCUT2D eigenvalue weighted by atomic mass is 10.1. The molecule has 24 heavy (non-hydrogen) atoms. The Bertz CT molecular complexity index is 609. The fourth-order valence-corrected chi connectivity index (χ4v) is 2.89. The quantitative estimate of drug-likeness (QED) is 0.625. The molecule has 1 heterocycles. The van der Waals surface area contributed by atoms with Crippen molar-refractivity contribution >= 4 is 23.2 Å². The van der Waals surface area contributed by atoms with Gasteiger partial charge in [-0.25, -0.2) is 0 Å². The van der Waals surface area contributed by atoms with Crippen molar-refractivity contribution < 1.29 is 14.5 Å². The molecule has 0 aliphatic carbocycles. The average molecular weight is 356 g/mol. The number of hydrogen-bond donors (Lipinski definition) is 1. The second-order valence-corrected chi connectivity index (χ2v) is 6.68. The zero-order chi connectivity index (χ0) is 17.7. The minimum atomic E-state index is -0.554. The lowest BCUT2D eigenvalue weighted by Crippen LogP contribution is -2.48. The van der Waals surface area contributed by atoms with Crippen molar-refractivity contribution in [3.8, 4) is 0 Å². The maximum atomic E-state index is 12.3. The SMILES string of the molecule is CC(C)CN1CCOC(CNC(=O)c2cc([N+](=O)[O-])ccc2Cl)C1. The molecule has 0 spiro atoms. The van der Waals surface area contributed by atoms with Gasteiger partial charge in [0.15, 0.2) is 0 Å². The summed E-state index contributed by atoms with van der Waals surface area (Å²) in [6.45, 7) is 7.93. The number of non-ortho nitro benzene ring substituents is 1. The van der Waals surface area contributed by atoms with E-state index in [0.717, 1.165) is 19.6 Å². The molecule has 0 saturated carbocycles. The van der Waals surface area contributed by atoms with Crippen LogP contribution in [0.3, 0.4) is 0 Å². The fraction of sp³-hybridized carbons (Fsp3) is 0.562. The van der Waals surface area contributed by atoms with Gasteiger partial charge in [0.05, 0.1) is 28.2 Å². The van der Waals surface area contributed by atoms with Crippen LogP contribution in [0.5, 0.6) is 0 Å². The molecule has 1 fully saturated rings. The van der Waals surface area contributed by atoms with E-state index in [1.165, 1.54) is 18.2 Å². The summed E-state index contributed by atoms with van der Waals surface area (Å²) in [5.74, 6) is 0.135. The number of benzene rings is 1. The Morgan fingerprint density at radius 3 is 2.96 bits per heavy atom. The Morgan fingerprint density at radius 1 is 1.54 bits per heavy atom. The van der Waals surface area contributed by atoms with Crippen LogP contribution in [0.25, 0.3) is 0 Å². The number of morpholine rings is 1. The maximum Gasteiger partial charge on any atom is 0.270 e. The lowest BCUT2D eigenvalue weighted by Gasteiger charge is -2.33. The van der Waals surface area contributed by atoms with E-state index in [0.29, 0.717) is 19.1 Å². The van der Waals surface area contributed by atoms with Gasteiger partial charge in [-0.3, -0.25) is 19.8 Å². The molecule has 1 amide bonds. The van der Waals surface area contributed by atoms with Crippen molar-refractivity contribution in [1.29, 1.82) is 0 Å². The van der Waals surface area contributed by atoms with Crippen LogP contribution in [-0.2, 0) is 4.74 Å². The molecule has 0 aromatic heterocycles. The molecule has 1 saturated heterocycles. The van der Waals surface area contributed by atoms with Crippen LogP contribution >= 0.6 is 11.6 Å². The molecule has 1 aliphatic rings. The van der Waals surface area contributed by atoms with Crippen LogP contribution in [-0.4, -0.2) is 54.6 Å². The van der Waals surface area contributed by atoms with Gasteiger partial charge in [0.2, 0.25) is 0 Å². The maximum absolute atomic E-state index is 12.3. The van der Waals surface area contributed by atoms with Crippen LogP contribution < -0.4 is 5.32 Å². The summed E-state index contributed by atoms with van der Waals surface area (Å²) in [5.41, 5.74) is -0.0673. The first-order valence-electron chi connectivity index (χ1n) is 7.93. The van der Waals surface area contributed by atoms with Crippen LogP contribution in [0.15, 0.2) is 18.2 Å². The van der Waals surface area contributed by atoms with Crippen LogP contribution in [0, 0.1) is 16.0 Å². The monoisotopic (exact) mass is 355 g/mol. The molecule has 1 aliphatic heterocycles. The molecule has 1 aromatic carbocycles. The summed E-state index contributed by atoms with van der Waals surface area (Å²) in [5, 5.41) is 13.8. The normalized spacial score (nSPS) is 18.6. The van der Waals surface area contributed by atoms with Gasteiger partial charge in [0, 0.05) is 38.3 Å². The van der Waals surface area contributed by atoms with Crippen molar-refractivity contribution in [2.45, 2.75) is 20.0 Å². The van der Waals surface area contributed by atoms with Gasteiger partial charge in [-0.05, 0) is 12.0 Å². The van der Waals surface area contributed by atoms with Gasteiger partial charge in [0.1, 0.15) is 0 Å². The number of carbonyl (C=O) groups is 1. The molecule has 7 nitrogen and oxygen atoms in total. The molecule has 0 bridgehead atoms. The van der Waals surface area contributed by atoms with Gasteiger partial charge >= 0.3 is 0 Å². The Hall–Kier alpha value is -1.70. The minimum Gasteiger partial charge on any atom is -0.374 e. The third kappa shape index (κ3) is 5.15. The van der Waals surface area contributed by atoms with E-state index in [9.17, 15) is 14.9 Å². The number of hydrogen-bond acceptors (Lipinski definition) is 5. The largest absolute Gasteiger partial charge is 0.374 e. The summed E-state index contributed by atoms with van der Waals surface area (Å²) < 4.78 is 5.67. The van der Waals surface area contributed by atoms with Crippen molar-refractivity contribution in [3.63, 3.8) is 0 Å². The van der Waals surface area contributed by atoms with Crippen molar-refractivity contribution in [2.24, 2.45) is 5.92 Å². The third-order valence-corrected chi connectivity index (χ3v) is 4.07. The summed E-state index contributed by atoms with van der Waals surface area (Å²) in [6.07, 6.45) is -0.0982. The van der Waals surface area contributed by atoms with E-state index in [1.807, 2.05) is 0 Å². The Labute approximate surface area is 146 Å². The number of nitro groups is 1. The molecular weight excluding hydrogens is 334 g/mol. The average Bonchev–Trinajstić information content (AvgIpc) is 2.52. The van der Waals surface area contributed by atoms with E-state index in [-0.39, 0.29) is 22.4 Å². The fourth-order valence-electron chi connectivity index (χ4n) is 2.69. The van der Waals surface area contributed by atoms with Gasteiger partial charge < -0.3 is 10.1 Å². The summed E-state index contributed by atoms with van der Waals surface area (Å²) in [7, 11) is 0. The topological polar surface area (TPSA) is 84.7 Å². The molecular formula is C16H22ClN3O4. The number of nitrogens with zero attached hydrogens (tertiary/aromatic N) is 2. The van der Waals surface area contributed by atoms with Crippen LogP contribution in [0.4, 0.5) is 5.69 Å². The second kappa shape index (κ2) is 8.41. The second-order valence-electron chi connectivity index (χ2n) is 6.28. The summed E-state index contributed by atoms with van der Waals surface area (Å²) in [6, 6.07) is 3.81. The van der Waals surface area contributed by atoms with Crippen LogP contribution in [0.1, 0.15) is 24.2 Å². The standard InChI is InChI=1S/C16H22ClN3O4/c1-11(2)9-19-5-6-24-13(10-19)8-18-16(21)14-7-12(20(22)23)3-4-15(14)17/h3-4,7,11,13H,5-6,8-10H2,1-2H3,(H,18,21). The zero-order valence-corrected chi connectivity index (χ0v) is 14.6. The Morgan fingerprint density at radius 2 is 2.29 bits per heavy atom. The number of amides is 1. The highest BCUT2D eigenvalue weighted by Gasteiger charge is 2.22. The van der Waals surface area contributed by atoms with Gasteiger partial charge in [-0.15, -0.1) is 0 Å². The molecule has 1 unspecified atom stereocenters. The molecule has 1 atom stereocenters. The first kappa shape index (κ1) is 18.6. The summed E-state index contributed by atoms with van der Waals surface area (Å²) in [4.78, 5) is 24.8. The van der Waals surface area contributed by atoms with Crippen molar-refractivity contribution in [3.05, 3.63) is 38.9 Å². The first-order valence-corrected chi connectivity index (χ1v) is 8.30. The van der Waals surface area contributed by atoms with Crippen molar-refractivity contribution in [1.82, 2.24) is 10.2 Å². The number of carbonyl (C=O) groups excluding carboxylic acids is 1. The first-order chi connectivity index (χ1) is 11.4. The lowest BCUT2D eigenvalue weighted by molar-refractivity contribution is -0.384. The van der Waals surface area contributed by atoms with E-state index >= 15 is 0 Å². The number of nitro benzene ring substituents is 1. The van der Waals surface area contributed by atoms with E-state index in [1.54, 1.807) is 0 Å². The molecule has 0 radical (unpaired) electrons. The minimum absolute atomic E-state index is 0.0979. The van der Waals surface area contributed by atoms with Gasteiger partial charge in [0.25, 0.3) is 11.6 Å². The predicted molar refractivity (Wildman–Crippen MR) is 91.5 cm³/mol.